The second-order valence-electron chi connectivity index (χ2n) is 3.73. The quantitative estimate of drug-likeness (QED) is 0.457. The number of hydrazine groups is 1. The van der Waals surface area contributed by atoms with Crippen LogP contribution in [0.1, 0.15) is 6.92 Å². The fraction of sp³-hybridized carbons (Fsp3) is 0.500. The van der Waals surface area contributed by atoms with Gasteiger partial charge in [0, 0.05) is 12.6 Å². The highest BCUT2D eigenvalue weighted by molar-refractivity contribution is 7.91. The number of nitrogens with one attached hydrogen (secondary N) is 1. The Labute approximate surface area is 121 Å². The molecule has 8 nitrogen and oxygen atoms in total. The Morgan fingerprint density at radius 3 is 2.43 bits per heavy atom. The number of anilines is 1. The minimum Gasteiger partial charge on any atom is -0.310 e. The predicted molar refractivity (Wildman–Crippen MR) is 69.3 cm³/mol. The molecule has 1 aromatic heterocycles. The molecule has 13 heteroatoms. The number of thiophene rings is 1. The van der Waals surface area contributed by atoms with Crippen molar-refractivity contribution in [1.82, 2.24) is 4.31 Å². The van der Waals surface area contributed by atoms with Gasteiger partial charge in [0.25, 0.3) is 10.0 Å². The van der Waals surface area contributed by atoms with Crippen molar-refractivity contribution in [1.29, 1.82) is 0 Å². The van der Waals surface area contributed by atoms with Crippen LogP contribution in [-0.2, 0) is 10.0 Å². The summed E-state index contributed by atoms with van der Waals surface area (Å²) >= 11 is 0.390. The first-order chi connectivity index (χ1) is 9.52. The number of rotatable bonds is 6. The smallest absolute Gasteiger partial charge is 0.310 e. The number of nitrogens with zero attached hydrogens (tertiary/aromatic N) is 2. The molecule has 21 heavy (non-hydrogen) atoms. The Bertz CT molecular complexity index is 628. The highest BCUT2D eigenvalue weighted by atomic mass is 32.2. The Balaban J connectivity index is 3.26. The van der Waals surface area contributed by atoms with Crippen molar-refractivity contribution in [2.45, 2.75) is 17.3 Å². The van der Waals surface area contributed by atoms with Gasteiger partial charge in [0.05, 0.1) is 4.92 Å². The van der Waals surface area contributed by atoms with Crippen LogP contribution in [0.3, 0.4) is 0 Å². The lowest BCUT2D eigenvalue weighted by Crippen LogP contribution is -2.38. The van der Waals surface area contributed by atoms with E-state index in [2.05, 4.69) is 0 Å². The van der Waals surface area contributed by atoms with Crippen molar-refractivity contribution >= 4 is 32.0 Å². The summed E-state index contributed by atoms with van der Waals surface area (Å²) in [5.74, 6) is 5.02. The highest BCUT2D eigenvalue weighted by Crippen LogP contribution is 2.38. The SMILES string of the molecule is CCN(CC(F)(F)F)S(=O)(=O)c1cc([N+](=O)[O-])c(NN)s1. The van der Waals surface area contributed by atoms with Gasteiger partial charge in [-0.25, -0.2) is 14.3 Å². The number of alkyl halides is 3. The molecule has 1 rings (SSSR count). The van der Waals surface area contributed by atoms with E-state index >= 15 is 0 Å². The lowest BCUT2D eigenvalue weighted by Gasteiger charge is -2.20. The molecule has 3 N–H and O–H groups in total. The molecule has 0 spiro atoms. The zero-order valence-corrected chi connectivity index (χ0v) is 12.2. The minimum absolute atomic E-state index is 0.183. The van der Waals surface area contributed by atoms with Crippen molar-refractivity contribution in [2.75, 3.05) is 18.5 Å². The summed E-state index contributed by atoms with van der Waals surface area (Å²) in [6.45, 7) is -0.880. The first kappa shape index (κ1) is 17.6. The first-order valence-corrected chi connectivity index (χ1v) is 7.60. The van der Waals surface area contributed by atoms with Crippen molar-refractivity contribution in [3.05, 3.63) is 16.2 Å². The number of sulfonamides is 1. The maximum atomic E-state index is 12.4. The number of nitro groups is 1. The number of nitrogen functional groups attached to an aromatic ring is 1. The number of hydrogen-bond donors (Lipinski definition) is 2. The van der Waals surface area contributed by atoms with Gasteiger partial charge >= 0.3 is 11.9 Å². The Kier molecular flexibility index (Phi) is 5.14. The maximum absolute atomic E-state index is 12.4. The third-order valence-electron chi connectivity index (χ3n) is 2.32. The summed E-state index contributed by atoms with van der Waals surface area (Å²) in [5.41, 5.74) is 1.33. The molecule has 0 saturated heterocycles. The second kappa shape index (κ2) is 6.13. The summed E-state index contributed by atoms with van der Waals surface area (Å²) in [7, 11) is -4.50. The molecular formula is C8H11F3N4O4S2. The lowest BCUT2D eigenvalue weighted by atomic mass is 10.5. The van der Waals surface area contributed by atoms with Crippen LogP contribution in [0.15, 0.2) is 10.3 Å². The largest absolute Gasteiger partial charge is 0.402 e. The van der Waals surface area contributed by atoms with Gasteiger partial charge in [0.2, 0.25) is 0 Å². The second-order valence-corrected chi connectivity index (χ2v) is 6.94. The zero-order valence-electron chi connectivity index (χ0n) is 10.5. The normalized spacial score (nSPS) is 12.7. The third kappa shape index (κ3) is 4.03. The summed E-state index contributed by atoms with van der Waals surface area (Å²) < 4.78 is 60.9. The molecule has 0 fully saturated rings. The van der Waals surface area contributed by atoms with E-state index in [0.717, 1.165) is 0 Å². The van der Waals surface area contributed by atoms with E-state index in [1.54, 1.807) is 0 Å². The van der Waals surface area contributed by atoms with Crippen LogP contribution in [0, 0.1) is 10.1 Å². The molecule has 0 aliphatic heterocycles. The van der Waals surface area contributed by atoms with Crippen LogP contribution < -0.4 is 11.3 Å². The fourth-order valence-electron chi connectivity index (χ4n) is 1.42. The Hall–Kier alpha value is -1.44. The molecule has 0 amide bonds. The van der Waals surface area contributed by atoms with E-state index in [1.165, 1.54) is 6.92 Å². The molecule has 0 radical (unpaired) electrons. The van der Waals surface area contributed by atoms with Gasteiger partial charge in [-0.1, -0.05) is 18.3 Å². The van der Waals surface area contributed by atoms with E-state index in [1.807, 2.05) is 5.43 Å². The van der Waals surface area contributed by atoms with Gasteiger partial charge in [-0.05, 0) is 0 Å². The molecule has 0 aliphatic carbocycles. The molecule has 120 valence electrons. The van der Waals surface area contributed by atoms with Gasteiger partial charge < -0.3 is 5.43 Å². The van der Waals surface area contributed by atoms with Crippen molar-refractivity contribution < 1.29 is 26.5 Å². The summed E-state index contributed by atoms with van der Waals surface area (Å²) in [5, 5.41) is 10.5. The summed E-state index contributed by atoms with van der Waals surface area (Å²) in [6.07, 6.45) is -4.72. The van der Waals surface area contributed by atoms with Gasteiger partial charge in [-0.2, -0.15) is 17.5 Å². The molecule has 1 aromatic rings. The number of nitrogens with two attached hydrogens (primary N) is 1. The standard InChI is InChI=1S/C8H11F3N4O4S2/c1-2-14(4-8(9,10)11)21(18,19)6-3-5(15(16)17)7(13-12)20-6/h3,13H,2,4,12H2,1H3. The molecule has 0 saturated carbocycles. The lowest BCUT2D eigenvalue weighted by molar-refractivity contribution is -0.383. The predicted octanol–water partition coefficient (Wildman–Crippen LogP) is 1.51. The van der Waals surface area contributed by atoms with Crippen molar-refractivity contribution in [2.24, 2.45) is 5.84 Å². The van der Waals surface area contributed by atoms with Crippen LogP contribution in [-0.4, -0.2) is 36.9 Å². The van der Waals surface area contributed by atoms with Crippen molar-refractivity contribution in [3.63, 3.8) is 0 Å². The van der Waals surface area contributed by atoms with E-state index < -0.39 is 44.1 Å². The first-order valence-electron chi connectivity index (χ1n) is 5.34. The summed E-state index contributed by atoms with van der Waals surface area (Å²) in [6, 6.07) is 0.675. The molecule has 0 aromatic carbocycles. The van der Waals surface area contributed by atoms with E-state index in [4.69, 9.17) is 5.84 Å². The van der Waals surface area contributed by atoms with Crippen LogP contribution >= 0.6 is 11.3 Å². The monoisotopic (exact) mass is 348 g/mol. The maximum Gasteiger partial charge on any atom is 0.402 e. The average molecular weight is 348 g/mol. The fourth-order valence-corrected chi connectivity index (χ4v) is 4.25. The highest BCUT2D eigenvalue weighted by Gasteiger charge is 2.38. The Morgan fingerprint density at radius 2 is 2.10 bits per heavy atom. The molecule has 0 unspecified atom stereocenters. The van der Waals surface area contributed by atoms with Gasteiger partial charge in [-0.3, -0.25) is 10.1 Å². The molecule has 0 bridgehead atoms. The van der Waals surface area contributed by atoms with Crippen molar-refractivity contribution in [3.8, 4) is 0 Å². The van der Waals surface area contributed by atoms with Crippen LogP contribution in [0.5, 0.6) is 0 Å². The van der Waals surface area contributed by atoms with E-state index in [-0.39, 0.29) is 9.31 Å². The van der Waals surface area contributed by atoms with E-state index in [9.17, 15) is 31.7 Å². The average Bonchev–Trinajstić information content (AvgIpc) is 2.79. The molecule has 0 atom stereocenters. The summed E-state index contributed by atoms with van der Waals surface area (Å²) in [4.78, 5) is 9.83. The molecule has 1 heterocycles. The minimum atomic E-state index is -4.72. The van der Waals surface area contributed by atoms with Crippen LogP contribution in [0.25, 0.3) is 0 Å². The van der Waals surface area contributed by atoms with Gasteiger partial charge in [0.15, 0.2) is 5.00 Å². The number of hydrogen-bond acceptors (Lipinski definition) is 7. The number of halogens is 3. The van der Waals surface area contributed by atoms with Crippen LogP contribution in [0.2, 0.25) is 0 Å². The van der Waals surface area contributed by atoms with Gasteiger partial charge in [-0.15, -0.1) is 0 Å². The zero-order chi connectivity index (χ0) is 16.4. The van der Waals surface area contributed by atoms with Gasteiger partial charge in [0.1, 0.15) is 10.8 Å². The third-order valence-corrected chi connectivity index (χ3v) is 5.75. The Morgan fingerprint density at radius 1 is 1.52 bits per heavy atom. The topological polar surface area (TPSA) is 119 Å². The molecular weight excluding hydrogens is 337 g/mol. The molecule has 0 aliphatic rings. The van der Waals surface area contributed by atoms with Crippen LogP contribution in [0.4, 0.5) is 23.9 Å². The van der Waals surface area contributed by atoms with E-state index in [0.29, 0.717) is 17.4 Å².